The first-order valence-corrected chi connectivity index (χ1v) is 7.46. The number of halogens is 1. The lowest BCUT2D eigenvalue weighted by Gasteiger charge is -2.29. The van der Waals surface area contributed by atoms with Gasteiger partial charge in [0.15, 0.2) is 0 Å². The van der Waals surface area contributed by atoms with E-state index in [-0.39, 0.29) is 24.1 Å². The van der Waals surface area contributed by atoms with E-state index in [0.717, 1.165) is 17.5 Å². The van der Waals surface area contributed by atoms with Gasteiger partial charge < -0.3 is 4.90 Å². The minimum atomic E-state index is -0.556. The number of nitrogens with one attached hydrogen (secondary N) is 1. The Hall–Kier alpha value is -1.88. The van der Waals surface area contributed by atoms with Gasteiger partial charge in [-0.25, -0.2) is 0 Å². The second kappa shape index (κ2) is 5.48. The molecule has 0 aromatic heterocycles. The molecular weight excluding hydrogens is 292 g/mol. The van der Waals surface area contributed by atoms with Gasteiger partial charge in [0, 0.05) is 24.4 Å². The molecule has 2 aliphatic heterocycles. The number of carbonyl (C=O) groups is 3. The Morgan fingerprint density at radius 1 is 1.29 bits per heavy atom. The van der Waals surface area contributed by atoms with Crippen LogP contribution in [-0.4, -0.2) is 34.5 Å². The molecule has 3 amide bonds. The van der Waals surface area contributed by atoms with Crippen LogP contribution in [0.2, 0.25) is 0 Å². The summed E-state index contributed by atoms with van der Waals surface area (Å²) >= 11 is 5.74. The van der Waals surface area contributed by atoms with E-state index in [1.807, 2.05) is 12.1 Å². The Bertz CT molecular complexity index is 629. The molecule has 0 aliphatic carbocycles. The zero-order chi connectivity index (χ0) is 15.0. The van der Waals surface area contributed by atoms with Gasteiger partial charge in [0.1, 0.15) is 6.04 Å². The number of hydrogen-bond donors (Lipinski definition) is 1. The van der Waals surface area contributed by atoms with Crippen LogP contribution in [0.15, 0.2) is 18.2 Å². The summed E-state index contributed by atoms with van der Waals surface area (Å²) in [5.74, 6) is -0.265. The predicted molar refractivity (Wildman–Crippen MR) is 76.9 cm³/mol. The van der Waals surface area contributed by atoms with Crippen molar-refractivity contribution in [1.82, 2.24) is 10.2 Å². The maximum Gasteiger partial charge on any atom is 0.255 e. The average Bonchev–Trinajstić information content (AvgIpc) is 2.76. The van der Waals surface area contributed by atoms with Gasteiger partial charge in [0.25, 0.3) is 5.91 Å². The minimum Gasteiger partial charge on any atom is -0.322 e. The summed E-state index contributed by atoms with van der Waals surface area (Å²) in [5.41, 5.74) is 2.65. The van der Waals surface area contributed by atoms with Crippen LogP contribution in [0.4, 0.5) is 0 Å². The number of nitrogens with zero attached hydrogens (tertiary/aromatic N) is 1. The number of fused-ring (bicyclic) bond motifs is 1. The third-order valence-corrected chi connectivity index (χ3v) is 4.16. The Morgan fingerprint density at radius 3 is 2.81 bits per heavy atom. The minimum absolute atomic E-state index is 0.142. The van der Waals surface area contributed by atoms with E-state index in [1.54, 1.807) is 11.0 Å². The van der Waals surface area contributed by atoms with Crippen LogP contribution in [0.3, 0.4) is 0 Å². The highest BCUT2D eigenvalue weighted by Gasteiger charge is 2.38. The molecule has 0 bridgehead atoms. The SMILES string of the molecule is O=C1CCC(N2Cc3cc(CCCl)ccc3C2=O)C(=O)N1. The van der Waals surface area contributed by atoms with Crippen LogP contribution in [0.1, 0.15) is 34.3 Å². The van der Waals surface area contributed by atoms with Crippen molar-refractivity contribution < 1.29 is 14.4 Å². The zero-order valence-corrected chi connectivity index (χ0v) is 12.2. The molecule has 1 N–H and O–H groups in total. The first kappa shape index (κ1) is 14.1. The van der Waals surface area contributed by atoms with Crippen molar-refractivity contribution in [2.24, 2.45) is 0 Å². The maximum atomic E-state index is 12.4. The molecule has 1 aromatic carbocycles. The van der Waals surface area contributed by atoms with Crippen LogP contribution < -0.4 is 5.32 Å². The predicted octanol–water partition coefficient (Wildman–Crippen LogP) is 1.23. The molecule has 110 valence electrons. The molecule has 6 heteroatoms. The second-order valence-corrected chi connectivity index (χ2v) is 5.71. The Balaban J connectivity index is 1.83. The van der Waals surface area contributed by atoms with Gasteiger partial charge in [-0.1, -0.05) is 12.1 Å². The zero-order valence-electron chi connectivity index (χ0n) is 11.4. The summed E-state index contributed by atoms with van der Waals surface area (Å²) < 4.78 is 0. The summed E-state index contributed by atoms with van der Waals surface area (Å²) in [5, 5.41) is 2.30. The van der Waals surface area contributed by atoms with E-state index in [9.17, 15) is 14.4 Å². The third-order valence-electron chi connectivity index (χ3n) is 3.97. The number of amides is 3. The fourth-order valence-corrected chi connectivity index (χ4v) is 3.11. The van der Waals surface area contributed by atoms with Crippen LogP contribution in [-0.2, 0) is 22.6 Å². The molecule has 1 atom stereocenters. The summed E-state index contributed by atoms with van der Waals surface area (Å²) in [7, 11) is 0. The van der Waals surface area contributed by atoms with Gasteiger partial charge >= 0.3 is 0 Å². The van der Waals surface area contributed by atoms with E-state index in [4.69, 9.17) is 11.6 Å². The quantitative estimate of drug-likeness (QED) is 0.674. The van der Waals surface area contributed by atoms with E-state index in [0.29, 0.717) is 24.4 Å². The van der Waals surface area contributed by atoms with Gasteiger partial charge in [-0.15, -0.1) is 11.6 Å². The van der Waals surface area contributed by atoms with E-state index in [1.165, 1.54) is 0 Å². The number of rotatable bonds is 3. The molecule has 3 rings (SSSR count). The van der Waals surface area contributed by atoms with Crippen molar-refractivity contribution in [3.05, 3.63) is 34.9 Å². The Labute approximate surface area is 127 Å². The fraction of sp³-hybridized carbons (Fsp3) is 0.400. The number of aryl methyl sites for hydroxylation is 1. The van der Waals surface area contributed by atoms with Gasteiger partial charge in [-0.3, -0.25) is 19.7 Å². The molecule has 1 aromatic rings. The number of carbonyl (C=O) groups excluding carboxylic acids is 3. The van der Waals surface area contributed by atoms with Gasteiger partial charge in [-0.05, 0) is 30.0 Å². The first-order valence-electron chi connectivity index (χ1n) is 6.92. The highest BCUT2D eigenvalue weighted by atomic mass is 35.5. The van der Waals surface area contributed by atoms with Gasteiger partial charge in [-0.2, -0.15) is 0 Å². The molecule has 21 heavy (non-hydrogen) atoms. The molecule has 0 saturated carbocycles. The second-order valence-electron chi connectivity index (χ2n) is 5.33. The molecule has 5 nitrogen and oxygen atoms in total. The normalized spacial score (nSPS) is 21.5. The monoisotopic (exact) mass is 306 g/mol. The molecule has 1 fully saturated rings. The Morgan fingerprint density at radius 2 is 2.10 bits per heavy atom. The summed E-state index contributed by atoms with van der Waals surface area (Å²) in [4.78, 5) is 37.1. The lowest BCUT2D eigenvalue weighted by molar-refractivity contribution is -0.136. The van der Waals surface area contributed by atoms with E-state index in [2.05, 4.69) is 5.32 Å². The molecule has 1 saturated heterocycles. The first-order chi connectivity index (χ1) is 10.1. The summed E-state index contributed by atoms with van der Waals surface area (Å²) in [6.07, 6.45) is 1.41. The number of benzene rings is 1. The van der Waals surface area contributed by atoms with Crippen molar-refractivity contribution in [2.75, 3.05) is 5.88 Å². The smallest absolute Gasteiger partial charge is 0.255 e. The number of imide groups is 1. The lowest BCUT2D eigenvalue weighted by Crippen LogP contribution is -2.52. The number of piperidine rings is 1. The maximum absolute atomic E-state index is 12.4. The number of hydrogen-bond acceptors (Lipinski definition) is 3. The van der Waals surface area contributed by atoms with Crippen molar-refractivity contribution in [3.8, 4) is 0 Å². The lowest BCUT2D eigenvalue weighted by atomic mass is 10.0. The molecular formula is C15H15ClN2O3. The van der Waals surface area contributed by atoms with Gasteiger partial charge in [0.05, 0.1) is 0 Å². The molecule has 2 aliphatic rings. The largest absolute Gasteiger partial charge is 0.322 e. The summed E-state index contributed by atoms with van der Waals surface area (Å²) in [6.45, 7) is 0.413. The van der Waals surface area contributed by atoms with Crippen molar-refractivity contribution >= 4 is 29.3 Å². The van der Waals surface area contributed by atoms with Crippen LogP contribution >= 0.6 is 11.6 Å². The molecule has 1 unspecified atom stereocenters. The fourth-order valence-electron chi connectivity index (χ4n) is 2.89. The van der Waals surface area contributed by atoms with Gasteiger partial charge in [0.2, 0.25) is 11.8 Å². The Kier molecular flexibility index (Phi) is 3.68. The van der Waals surface area contributed by atoms with Crippen LogP contribution in [0.5, 0.6) is 0 Å². The van der Waals surface area contributed by atoms with E-state index >= 15 is 0 Å². The topological polar surface area (TPSA) is 66.5 Å². The van der Waals surface area contributed by atoms with Crippen molar-refractivity contribution in [2.45, 2.75) is 31.8 Å². The number of alkyl halides is 1. The molecule has 0 spiro atoms. The molecule has 2 heterocycles. The standard InChI is InChI=1S/C15H15ClN2O3/c16-6-5-9-1-2-11-10(7-9)8-18(15(11)21)12-3-4-13(19)17-14(12)20/h1-2,7,12H,3-6,8H2,(H,17,19,20). The highest BCUT2D eigenvalue weighted by molar-refractivity contribution is 6.18. The average molecular weight is 307 g/mol. The third kappa shape index (κ3) is 2.53. The van der Waals surface area contributed by atoms with Crippen LogP contribution in [0, 0.1) is 0 Å². The summed E-state index contributed by atoms with van der Waals surface area (Å²) in [6, 6.07) is 5.11. The van der Waals surface area contributed by atoms with Crippen LogP contribution in [0.25, 0.3) is 0 Å². The van der Waals surface area contributed by atoms with Crippen molar-refractivity contribution in [3.63, 3.8) is 0 Å². The van der Waals surface area contributed by atoms with E-state index < -0.39 is 6.04 Å². The highest BCUT2D eigenvalue weighted by Crippen LogP contribution is 2.28. The van der Waals surface area contributed by atoms with Crippen molar-refractivity contribution in [1.29, 1.82) is 0 Å². The molecule has 0 radical (unpaired) electrons.